The maximum atomic E-state index is 13.1. The molecule has 0 saturated carbocycles. The normalized spacial score (nSPS) is 11.9. The molecular formula is C26H17N3O2S. The summed E-state index contributed by atoms with van der Waals surface area (Å²) in [4.78, 5) is 24.1. The van der Waals surface area contributed by atoms with Crippen LogP contribution >= 0.6 is 11.3 Å². The molecule has 0 unspecified atom stereocenters. The van der Waals surface area contributed by atoms with Crippen molar-refractivity contribution < 1.29 is 4.42 Å². The zero-order chi connectivity index (χ0) is 21.7. The van der Waals surface area contributed by atoms with Crippen LogP contribution < -0.4 is 5.63 Å². The first-order chi connectivity index (χ1) is 15.7. The highest BCUT2D eigenvalue weighted by molar-refractivity contribution is 7.19. The molecule has 0 aliphatic rings. The van der Waals surface area contributed by atoms with Gasteiger partial charge in [-0.3, -0.25) is 9.39 Å². The number of aliphatic imine (C=N–C) groups is 1. The molecule has 0 radical (unpaired) electrons. The van der Waals surface area contributed by atoms with Crippen molar-refractivity contribution in [3.8, 4) is 11.3 Å². The van der Waals surface area contributed by atoms with Crippen LogP contribution in [-0.4, -0.2) is 15.6 Å². The van der Waals surface area contributed by atoms with Crippen LogP contribution in [0.3, 0.4) is 0 Å². The van der Waals surface area contributed by atoms with Gasteiger partial charge in [-0.2, -0.15) is 0 Å². The summed E-state index contributed by atoms with van der Waals surface area (Å²) < 4.78 is 7.68. The summed E-state index contributed by atoms with van der Waals surface area (Å²) in [6.07, 6.45) is 1.81. The van der Waals surface area contributed by atoms with Gasteiger partial charge in [0.15, 0.2) is 4.96 Å². The maximum absolute atomic E-state index is 13.1. The predicted octanol–water partition coefficient (Wildman–Crippen LogP) is 6.38. The molecule has 154 valence electrons. The Balaban J connectivity index is 1.64. The standard InChI is InChI=1S/C26H17N3O2S/c1-16-10-12-18(13-11-16)27-15-23-24(19-14-17-6-2-5-9-22(17)31-25(19)30)29-21-8-4-3-7-20(21)28-26(29)32-23/h2-15H,1H3. The first-order valence-electron chi connectivity index (χ1n) is 10.2. The number of rotatable bonds is 3. The largest absolute Gasteiger partial charge is 0.422 e. The minimum atomic E-state index is -0.383. The summed E-state index contributed by atoms with van der Waals surface area (Å²) in [6, 6.07) is 25.3. The van der Waals surface area contributed by atoms with E-state index in [0.29, 0.717) is 11.1 Å². The highest BCUT2D eigenvalue weighted by Crippen LogP contribution is 2.34. The second kappa shape index (κ2) is 7.28. The van der Waals surface area contributed by atoms with Crippen molar-refractivity contribution in [1.82, 2.24) is 9.38 Å². The highest BCUT2D eigenvalue weighted by atomic mass is 32.1. The zero-order valence-electron chi connectivity index (χ0n) is 17.1. The van der Waals surface area contributed by atoms with Crippen LogP contribution in [0.5, 0.6) is 0 Å². The molecule has 0 amide bonds. The maximum Gasteiger partial charge on any atom is 0.345 e. The summed E-state index contributed by atoms with van der Waals surface area (Å²) in [7, 11) is 0. The summed E-state index contributed by atoms with van der Waals surface area (Å²) in [6.45, 7) is 2.05. The lowest BCUT2D eigenvalue weighted by Crippen LogP contribution is -2.05. The Morgan fingerprint density at radius 2 is 1.78 bits per heavy atom. The number of thiazole rings is 1. The minimum absolute atomic E-state index is 0.383. The topological polar surface area (TPSA) is 59.9 Å². The zero-order valence-corrected chi connectivity index (χ0v) is 18.0. The molecule has 0 spiro atoms. The first kappa shape index (κ1) is 18.7. The van der Waals surface area contributed by atoms with Gasteiger partial charge in [0.2, 0.25) is 0 Å². The minimum Gasteiger partial charge on any atom is -0.422 e. The van der Waals surface area contributed by atoms with Gasteiger partial charge in [0.1, 0.15) is 5.58 Å². The molecule has 0 saturated heterocycles. The number of hydrogen-bond donors (Lipinski definition) is 0. The molecular weight excluding hydrogens is 418 g/mol. The monoisotopic (exact) mass is 435 g/mol. The number of aryl methyl sites for hydroxylation is 1. The number of nitrogens with zero attached hydrogens (tertiary/aromatic N) is 3. The van der Waals surface area contributed by atoms with Crippen LogP contribution in [0.2, 0.25) is 0 Å². The average Bonchev–Trinajstić information content (AvgIpc) is 3.34. The lowest BCUT2D eigenvalue weighted by atomic mass is 10.1. The van der Waals surface area contributed by atoms with E-state index in [1.807, 2.05) is 90.3 Å². The summed E-state index contributed by atoms with van der Waals surface area (Å²) in [5, 5.41) is 0.868. The molecule has 6 aromatic rings. The second-order valence-electron chi connectivity index (χ2n) is 7.61. The molecule has 6 rings (SSSR count). The third-order valence-corrected chi connectivity index (χ3v) is 6.42. The Morgan fingerprint density at radius 3 is 2.66 bits per heavy atom. The Labute approximate surface area is 186 Å². The van der Waals surface area contributed by atoms with Gasteiger partial charge in [-0.05, 0) is 43.3 Å². The summed E-state index contributed by atoms with van der Waals surface area (Å²) in [5.74, 6) is 0. The predicted molar refractivity (Wildman–Crippen MR) is 130 cm³/mol. The molecule has 3 aromatic heterocycles. The van der Waals surface area contributed by atoms with Crippen molar-refractivity contribution in [2.45, 2.75) is 6.92 Å². The Hall–Kier alpha value is -4.03. The van der Waals surface area contributed by atoms with E-state index in [1.165, 1.54) is 16.9 Å². The number of aromatic nitrogens is 2. The van der Waals surface area contributed by atoms with E-state index in [9.17, 15) is 4.79 Å². The van der Waals surface area contributed by atoms with Crippen molar-refractivity contribution in [1.29, 1.82) is 0 Å². The highest BCUT2D eigenvalue weighted by Gasteiger charge is 2.21. The lowest BCUT2D eigenvalue weighted by Gasteiger charge is -2.04. The fraction of sp³-hybridized carbons (Fsp3) is 0.0385. The van der Waals surface area contributed by atoms with Crippen LogP contribution in [0.4, 0.5) is 5.69 Å². The summed E-state index contributed by atoms with van der Waals surface area (Å²) >= 11 is 1.50. The van der Waals surface area contributed by atoms with Gasteiger partial charge in [0, 0.05) is 11.6 Å². The molecule has 0 atom stereocenters. The molecule has 0 bridgehead atoms. The van der Waals surface area contributed by atoms with E-state index in [0.717, 1.165) is 37.6 Å². The van der Waals surface area contributed by atoms with Crippen molar-refractivity contribution in [3.05, 3.63) is 99.7 Å². The van der Waals surface area contributed by atoms with E-state index >= 15 is 0 Å². The SMILES string of the molecule is Cc1ccc(N=Cc2sc3nc4ccccc4n3c2-c2cc3ccccc3oc2=O)cc1. The van der Waals surface area contributed by atoms with Gasteiger partial charge in [-0.15, -0.1) is 0 Å². The number of para-hydroxylation sites is 3. The third-order valence-electron chi connectivity index (χ3n) is 5.45. The molecule has 3 aromatic carbocycles. The van der Waals surface area contributed by atoms with Crippen LogP contribution in [0, 0.1) is 6.92 Å². The van der Waals surface area contributed by atoms with E-state index in [4.69, 9.17) is 9.40 Å². The van der Waals surface area contributed by atoms with Crippen LogP contribution in [0.25, 0.3) is 38.2 Å². The Morgan fingerprint density at radius 1 is 1.00 bits per heavy atom. The molecule has 0 aliphatic heterocycles. The van der Waals surface area contributed by atoms with Crippen molar-refractivity contribution in [3.63, 3.8) is 0 Å². The molecule has 0 N–H and O–H groups in total. The van der Waals surface area contributed by atoms with E-state index < -0.39 is 0 Å². The molecule has 6 heteroatoms. The number of benzene rings is 3. The van der Waals surface area contributed by atoms with Gasteiger partial charge in [0.05, 0.1) is 32.9 Å². The van der Waals surface area contributed by atoms with Gasteiger partial charge in [0.25, 0.3) is 0 Å². The van der Waals surface area contributed by atoms with Crippen LogP contribution in [0.15, 0.2) is 93.1 Å². The van der Waals surface area contributed by atoms with Gasteiger partial charge in [-0.1, -0.05) is 59.4 Å². The molecule has 0 aliphatic carbocycles. The van der Waals surface area contributed by atoms with Gasteiger partial charge in [-0.25, -0.2) is 9.78 Å². The Bertz CT molecular complexity index is 1710. The van der Waals surface area contributed by atoms with Crippen molar-refractivity contribution in [2.24, 2.45) is 4.99 Å². The fourth-order valence-electron chi connectivity index (χ4n) is 3.88. The second-order valence-corrected chi connectivity index (χ2v) is 8.62. The average molecular weight is 436 g/mol. The van der Waals surface area contributed by atoms with E-state index in [-0.39, 0.29) is 5.63 Å². The number of hydrogen-bond acceptors (Lipinski definition) is 5. The fourth-order valence-corrected chi connectivity index (χ4v) is 4.90. The van der Waals surface area contributed by atoms with Crippen LogP contribution in [0.1, 0.15) is 10.4 Å². The summed E-state index contributed by atoms with van der Waals surface area (Å²) in [5.41, 5.74) is 5.27. The Kier molecular flexibility index (Phi) is 4.26. The first-order valence-corrected chi connectivity index (χ1v) is 11.0. The molecule has 3 heterocycles. The third kappa shape index (κ3) is 3.04. The lowest BCUT2D eigenvalue weighted by molar-refractivity contribution is 0.563. The van der Waals surface area contributed by atoms with E-state index in [1.54, 1.807) is 6.07 Å². The number of imidazole rings is 1. The van der Waals surface area contributed by atoms with E-state index in [2.05, 4.69) is 4.99 Å². The van der Waals surface area contributed by atoms with Gasteiger partial charge < -0.3 is 4.42 Å². The molecule has 5 nitrogen and oxygen atoms in total. The quantitative estimate of drug-likeness (QED) is 0.239. The smallest absolute Gasteiger partial charge is 0.345 e. The van der Waals surface area contributed by atoms with Gasteiger partial charge >= 0.3 is 5.63 Å². The van der Waals surface area contributed by atoms with Crippen LogP contribution in [-0.2, 0) is 0 Å². The molecule has 0 fully saturated rings. The molecule has 32 heavy (non-hydrogen) atoms. The number of fused-ring (bicyclic) bond motifs is 4. The van der Waals surface area contributed by atoms with Crippen molar-refractivity contribution in [2.75, 3.05) is 0 Å². The van der Waals surface area contributed by atoms with Crippen molar-refractivity contribution >= 4 is 50.2 Å².